The molecule has 11 heteroatoms. The lowest BCUT2D eigenvalue weighted by Crippen LogP contribution is -2.44. The Balaban J connectivity index is 1.94. The van der Waals surface area contributed by atoms with E-state index in [1.807, 2.05) is 0 Å². The van der Waals surface area contributed by atoms with E-state index in [0.29, 0.717) is 17.9 Å². The van der Waals surface area contributed by atoms with Crippen LogP contribution in [0.25, 0.3) is 0 Å². The molecule has 0 aliphatic carbocycles. The van der Waals surface area contributed by atoms with Crippen LogP contribution in [0.2, 0.25) is 0 Å². The average molecular weight is 495 g/mol. The Hall–Kier alpha value is -3.76. The van der Waals surface area contributed by atoms with E-state index in [-0.39, 0.29) is 18.5 Å². The molecule has 0 aliphatic heterocycles. The summed E-state index contributed by atoms with van der Waals surface area (Å²) in [5, 5.41) is 2.90. The number of nitrogens with zero attached hydrogens (tertiary/aromatic N) is 1. The van der Waals surface area contributed by atoms with Gasteiger partial charge in [0.25, 0.3) is 5.91 Å². The number of alkyl halides is 3. The zero-order valence-corrected chi connectivity index (χ0v) is 20.0. The normalized spacial score (nSPS) is 11.4. The molecule has 0 bridgehead atoms. The summed E-state index contributed by atoms with van der Waals surface area (Å²) in [7, 11) is 0. The van der Waals surface area contributed by atoms with E-state index in [1.165, 1.54) is 23.1 Å². The minimum Gasteiger partial charge on any atom is -0.444 e. The van der Waals surface area contributed by atoms with Gasteiger partial charge in [0.1, 0.15) is 5.60 Å². The lowest BCUT2D eigenvalue weighted by Gasteiger charge is -2.26. The molecule has 190 valence electrons. The highest BCUT2D eigenvalue weighted by molar-refractivity contribution is 6.01. The molecule has 2 aromatic carbocycles. The van der Waals surface area contributed by atoms with Gasteiger partial charge in [-0.2, -0.15) is 13.2 Å². The topological polar surface area (TPSA) is 99.8 Å². The molecular formula is C24H29F3N4O4. The standard InChI is InChI=1S/C24H29F3N4O4/c1-5-31(22(34)35-23(2,3)4)15-14-20(32)29-30-21(33)18-8-6-7-9-19(18)28-17-12-10-16(11-13-17)24(25,26)27/h6-13,28H,5,14-15H2,1-4H3,(H,29,32)(H,30,33). The van der Waals surface area contributed by atoms with E-state index < -0.39 is 35.2 Å². The van der Waals surface area contributed by atoms with E-state index in [9.17, 15) is 27.6 Å². The van der Waals surface area contributed by atoms with Gasteiger partial charge in [-0.3, -0.25) is 20.4 Å². The van der Waals surface area contributed by atoms with Crippen LogP contribution in [0.1, 0.15) is 50.0 Å². The van der Waals surface area contributed by atoms with Gasteiger partial charge in [-0.05, 0) is 64.1 Å². The Morgan fingerprint density at radius 2 is 1.57 bits per heavy atom. The molecule has 0 unspecified atom stereocenters. The first-order valence-corrected chi connectivity index (χ1v) is 10.9. The number of hydrogen-bond donors (Lipinski definition) is 3. The van der Waals surface area contributed by atoms with Crippen LogP contribution >= 0.6 is 0 Å². The average Bonchev–Trinajstić information content (AvgIpc) is 2.77. The summed E-state index contributed by atoms with van der Waals surface area (Å²) >= 11 is 0. The van der Waals surface area contributed by atoms with Crippen molar-refractivity contribution in [2.75, 3.05) is 18.4 Å². The Bertz CT molecular complexity index is 1030. The SMILES string of the molecule is CCN(CCC(=O)NNC(=O)c1ccccc1Nc1ccc(C(F)(F)F)cc1)C(=O)OC(C)(C)C. The van der Waals surface area contributed by atoms with Gasteiger partial charge in [0, 0.05) is 25.2 Å². The number of carbonyl (C=O) groups excluding carboxylic acids is 3. The van der Waals surface area contributed by atoms with Crippen LogP contribution in [0, 0.1) is 0 Å². The maximum Gasteiger partial charge on any atom is 0.416 e. The molecule has 2 rings (SSSR count). The van der Waals surface area contributed by atoms with E-state index in [1.54, 1.807) is 45.9 Å². The highest BCUT2D eigenvalue weighted by Gasteiger charge is 2.30. The minimum atomic E-state index is -4.45. The third-order valence-corrected chi connectivity index (χ3v) is 4.62. The van der Waals surface area contributed by atoms with Crippen LogP contribution in [0.15, 0.2) is 48.5 Å². The second kappa shape index (κ2) is 11.6. The highest BCUT2D eigenvalue weighted by atomic mass is 19.4. The maximum atomic E-state index is 12.8. The second-order valence-electron chi connectivity index (χ2n) is 8.56. The van der Waals surface area contributed by atoms with Crippen LogP contribution in [-0.2, 0) is 15.7 Å². The fourth-order valence-corrected chi connectivity index (χ4v) is 2.89. The molecule has 3 amide bonds. The number of hydrogen-bond acceptors (Lipinski definition) is 5. The number of hydrazine groups is 1. The number of para-hydroxylation sites is 1. The number of nitrogens with one attached hydrogen (secondary N) is 3. The van der Waals surface area contributed by atoms with E-state index in [4.69, 9.17) is 4.74 Å². The molecule has 0 saturated carbocycles. The van der Waals surface area contributed by atoms with Gasteiger partial charge in [-0.25, -0.2) is 4.79 Å². The first-order valence-electron chi connectivity index (χ1n) is 10.9. The molecule has 0 heterocycles. The molecule has 0 spiro atoms. The molecule has 0 aromatic heterocycles. The predicted octanol–water partition coefficient (Wildman–Crippen LogP) is 4.86. The van der Waals surface area contributed by atoms with Crippen LogP contribution in [0.4, 0.5) is 29.3 Å². The fraction of sp³-hybridized carbons (Fsp3) is 0.375. The first kappa shape index (κ1) is 27.5. The van der Waals surface area contributed by atoms with Gasteiger partial charge >= 0.3 is 12.3 Å². The van der Waals surface area contributed by atoms with Crippen LogP contribution < -0.4 is 16.2 Å². The molecule has 0 aliphatic rings. The molecule has 0 atom stereocenters. The summed E-state index contributed by atoms with van der Waals surface area (Å²) in [6, 6.07) is 10.7. The lowest BCUT2D eigenvalue weighted by atomic mass is 10.1. The van der Waals surface area contributed by atoms with Crippen LogP contribution in [0.5, 0.6) is 0 Å². The first-order chi connectivity index (χ1) is 16.3. The lowest BCUT2D eigenvalue weighted by molar-refractivity contribution is -0.137. The van der Waals surface area contributed by atoms with Crippen molar-refractivity contribution in [2.24, 2.45) is 0 Å². The van der Waals surface area contributed by atoms with Crippen molar-refractivity contribution in [1.82, 2.24) is 15.8 Å². The molecule has 2 aromatic rings. The quantitative estimate of drug-likeness (QED) is 0.478. The Labute approximate surface area is 201 Å². The summed E-state index contributed by atoms with van der Waals surface area (Å²) < 4.78 is 43.6. The summed E-state index contributed by atoms with van der Waals surface area (Å²) in [6.07, 6.45) is -5.06. The van der Waals surface area contributed by atoms with Gasteiger partial charge < -0.3 is 15.0 Å². The van der Waals surface area contributed by atoms with Gasteiger partial charge in [0.05, 0.1) is 16.8 Å². The Morgan fingerprint density at radius 3 is 2.14 bits per heavy atom. The number of halogens is 3. The van der Waals surface area contributed by atoms with Gasteiger partial charge in [-0.15, -0.1) is 0 Å². The summed E-state index contributed by atoms with van der Waals surface area (Å²) in [5.41, 5.74) is 3.99. The maximum absolute atomic E-state index is 12.8. The van der Waals surface area contributed by atoms with Crippen LogP contribution in [0.3, 0.4) is 0 Å². The zero-order valence-electron chi connectivity index (χ0n) is 20.0. The molecule has 3 N–H and O–H groups in total. The van der Waals surface area contributed by atoms with Gasteiger partial charge in [-0.1, -0.05) is 12.1 Å². The number of carbonyl (C=O) groups is 3. The number of anilines is 2. The molecule has 0 radical (unpaired) electrons. The van der Waals surface area contributed by atoms with Crippen molar-refractivity contribution in [3.05, 3.63) is 59.7 Å². The number of rotatable bonds is 7. The number of amides is 3. The summed E-state index contributed by atoms with van der Waals surface area (Å²) in [6.45, 7) is 7.42. The van der Waals surface area contributed by atoms with Crippen molar-refractivity contribution in [3.8, 4) is 0 Å². The van der Waals surface area contributed by atoms with E-state index >= 15 is 0 Å². The Kier molecular flexibility index (Phi) is 9.10. The summed E-state index contributed by atoms with van der Waals surface area (Å²) in [5.74, 6) is -1.15. The predicted molar refractivity (Wildman–Crippen MR) is 125 cm³/mol. The van der Waals surface area contributed by atoms with E-state index in [2.05, 4.69) is 16.2 Å². The fourth-order valence-electron chi connectivity index (χ4n) is 2.89. The van der Waals surface area contributed by atoms with Crippen molar-refractivity contribution < 1.29 is 32.3 Å². The third-order valence-electron chi connectivity index (χ3n) is 4.62. The molecule has 0 fully saturated rings. The van der Waals surface area contributed by atoms with Crippen molar-refractivity contribution in [1.29, 1.82) is 0 Å². The highest BCUT2D eigenvalue weighted by Crippen LogP contribution is 2.30. The van der Waals surface area contributed by atoms with Crippen molar-refractivity contribution >= 4 is 29.3 Å². The zero-order chi connectivity index (χ0) is 26.2. The van der Waals surface area contributed by atoms with Crippen molar-refractivity contribution in [2.45, 2.75) is 45.9 Å². The number of benzene rings is 2. The minimum absolute atomic E-state index is 0.0706. The molecule has 8 nitrogen and oxygen atoms in total. The van der Waals surface area contributed by atoms with Crippen molar-refractivity contribution in [3.63, 3.8) is 0 Å². The third kappa shape index (κ3) is 8.84. The van der Waals surface area contributed by atoms with Gasteiger partial charge in [0.15, 0.2) is 0 Å². The monoisotopic (exact) mass is 494 g/mol. The largest absolute Gasteiger partial charge is 0.444 e. The van der Waals surface area contributed by atoms with E-state index in [0.717, 1.165) is 12.1 Å². The van der Waals surface area contributed by atoms with Gasteiger partial charge in [0.2, 0.25) is 5.91 Å². The molecule has 0 saturated heterocycles. The molecular weight excluding hydrogens is 465 g/mol. The van der Waals surface area contributed by atoms with Crippen LogP contribution in [-0.4, -0.2) is 41.5 Å². The molecule has 35 heavy (non-hydrogen) atoms. The summed E-state index contributed by atoms with van der Waals surface area (Å²) in [4.78, 5) is 38.3. The Morgan fingerprint density at radius 1 is 0.943 bits per heavy atom. The smallest absolute Gasteiger partial charge is 0.416 e. The second-order valence-corrected chi connectivity index (χ2v) is 8.56. The number of ether oxygens (including phenoxy) is 1.